The molecule has 2 amide bonds. The van der Waals surface area contributed by atoms with Gasteiger partial charge < -0.3 is 34.6 Å². The summed E-state index contributed by atoms with van der Waals surface area (Å²) in [6, 6.07) is 25.8. The summed E-state index contributed by atoms with van der Waals surface area (Å²) in [4.78, 5) is 32.0. The number of aromatic nitrogens is 3. The van der Waals surface area contributed by atoms with E-state index >= 15 is 0 Å². The first-order chi connectivity index (χ1) is 24.9. The van der Waals surface area contributed by atoms with Crippen molar-refractivity contribution in [3.63, 3.8) is 0 Å². The number of amides is 2. The highest BCUT2D eigenvalue weighted by atomic mass is 16.5. The molecular weight excluding hydrogens is 642 g/mol. The molecule has 0 unspecified atom stereocenters. The van der Waals surface area contributed by atoms with Gasteiger partial charge in [-0.25, -0.2) is 14.8 Å². The number of morpholine rings is 1. The van der Waals surface area contributed by atoms with Gasteiger partial charge in [-0.3, -0.25) is 4.90 Å². The second-order valence-electron chi connectivity index (χ2n) is 13.7. The summed E-state index contributed by atoms with van der Waals surface area (Å²) >= 11 is 0. The standard InChI is InChI=1S/C39H47N9O3/c1-45(2)21-22-46(3)33-15-13-32(14-16-33)41-39(49)40-31-11-9-30(10-12-31)37-42-35-34(44-51-36(35)38(43-37)48-23-25-50-26-24-48)29-17-19-47(20-18-29)27-28-7-5-4-6-8-28/h4-16,29H,17-27H2,1-3H3,(H2,40,41,49). The van der Waals surface area contributed by atoms with Crippen molar-refractivity contribution >= 4 is 40.0 Å². The maximum absolute atomic E-state index is 12.9. The third kappa shape index (κ3) is 8.47. The van der Waals surface area contributed by atoms with Crippen molar-refractivity contribution in [2.45, 2.75) is 25.3 Å². The molecule has 0 aliphatic carbocycles. The lowest BCUT2D eigenvalue weighted by atomic mass is 9.92. The molecule has 12 nitrogen and oxygen atoms in total. The maximum Gasteiger partial charge on any atom is 0.323 e. The average Bonchev–Trinajstić information content (AvgIpc) is 3.59. The van der Waals surface area contributed by atoms with Gasteiger partial charge in [-0.2, -0.15) is 0 Å². The molecule has 3 aromatic carbocycles. The van der Waals surface area contributed by atoms with Crippen molar-refractivity contribution in [2.75, 3.05) is 94.1 Å². The Kier molecular flexibility index (Phi) is 10.7. The number of fused-ring (bicyclic) bond motifs is 1. The van der Waals surface area contributed by atoms with Crippen molar-refractivity contribution in [3.8, 4) is 11.4 Å². The zero-order valence-electron chi connectivity index (χ0n) is 29.7. The number of ether oxygens (including phenoxy) is 1. The van der Waals surface area contributed by atoms with Crippen LogP contribution in [-0.2, 0) is 11.3 Å². The Morgan fingerprint density at radius 1 is 0.824 bits per heavy atom. The normalized spacial score (nSPS) is 15.7. The zero-order valence-corrected chi connectivity index (χ0v) is 29.7. The molecule has 2 fully saturated rings. The molecule has 2 N–H and O–H groups in total. The lowest BCUT2D eigenvalue weighted by molar-refractivity contribution is 0.122. The van der Waals surface area contributed by atoms with Gasteiger partial charge in [-0.15, -0.1) is 0 Å². The van der Waals surface area contributed by atoms with E-state index in [2.05, 4.69) is 86.9 Å². The van der Waals surface area contributed by atoms with Crippen LogP contribution in [-0.4, -0.2) is 105 Å². The van der Waals surface area contributed by atoms with Gasteiger partial charge in [-0.1, -0.05) is 35.5 Å². The van der Waals surface area contributed by atoms with Crippen LogP contribution in [0.1, 0.15) is 30.0 Å². The third-order valence-corrected chi connectivity index (χ3v) is 9.71. The molecule has 0 atom stereocenters. The van der Waals surface area contributed by atoms with Crippen LogP contribution in [0.3, 0.4) is 0 Å². The first-order valence-corrected chi connectivity index (χ1v) is 17.8. The van der Waals surface area contributed by atoms with Gasteiger partial charge in [0, 0.05) is 68.3 Å². The molecule has 4 heterocycles. The molecule has 266 valence electrons. The second kappa shape index (κ2) is 15.9. The number of nitrogens with one attached hydrogen (secondary N) is 2. The van der Waals surface area contributed by atoms with Gasteiger partial charge in [0.1, 0.15) is 11.2 Å². The van der Waals surface area contributed by atoms with Crippen LogP contribution in [0.2, 0.25) is 0 Å². The summed E-state index contributed by atoms with van der Waals surface area (Å²) in [5, 5.41) is 10.5. The summed E-state index contributed by atoms with van der Waals surface area (Å²) in [6.07, 6.45) is 1.97. The number of carbonyl (C=O) groups is 1. The van der Waals surface area contributed by atoms with Crippen LogP contribution < -0.4 is 20.4 Å². The van der Waals surface area contributed by atoms with E-state index < -0.39 is 0 Å². The van der Waals surface area contributed by atoms with E-state index in [4.69, 9.17) is 19.2 Å². The van der Waals surface area contributed by atoms with E-state index in [-0.39, 0.29) is 11.9 Å². The molecule has 12 heteroatoms. The first kappa shape index (κ1) is 34.4. The van der Waals surface area contributed by atoms with Crippen LogP contribution >= 0.6 is 0 Å². The third-order valence-electron chi connectivity index (χ3n) is 9.71. The topological polar surface area (TPSA) is 115 Å². The van der Waals surface area contributed by atoms with Crippen molar-refractivity contribution in [1.29, 1.82) is 0 Å². The maximum atomic E-state index is 12.9. The lowest BCUT2D eigenvalue weighted by Crippen LogP contribution is -2.37. The van der Waals surface area contributed by atoms with Gasteiger partial charge in [0.15, 0.2) is 11.6 Å². The number of urea groups is 1. The van der Waals surface area contributed by atoms with Crippen molar-refractivity contribution in [3.05, 3.63) is 90.1 Å². The van der Waals surface area contributed by atoms with E-state index in [1.54, 1.807) is 0 Å². The highest BCUT2D eigenvalue weighted by Gasteiger charge is 2.29. The number of nitrogens with zero attached hydrogens (tertiary/aromatic N) is 7. The molecule has 5 aromatic rings. The Hall–Kier alpha value is -5.04. The highest BCUT2D eigenvalue weighted by molar-refractivity contribution is 6.00. The van der Waals surface area contributed by atoms with Crippen LogP contribution in [0.25, 0.3) is 22.5 Å². The van der Waals surface area contributed by atoms with Gasteiger partial charge >= 0.3 is 6.03 Å². The van der Waals surface area contributed by atoms with E-state index in [9.17, 15) is 4.79 Å². The van der Waals surface area contributed by atoms with Crippen LogP contribution in [0.15, 0.2) is 83.4 Å². The summed E-state index contributed by atoms with van der Waals surface area (Å²) in [5.74, 6) is 1.60. The number of likely N-dealkylation sites (tertiary alicyclic amines) is 1. The van der Waals surface area contributed by atoms with E-state index in [0.717, 1.165) is 79.5 Å². The second-order valence-corrected chi connectivity index (χ2v) is 13.7. The predicted octanol–water partition coefficient (Wildman–Crippen LogP) is 6.14. The molecule has 51 heavy (non-hydrogen) atoms. The van der Waals surface area contributed by atoms with Crippen molar-refractivity contribution in [2.24, 2.45) is 0 Å². The Bertz CT molecular complexity index is 1880. The molecule has 2 aliphatic heterocycles. The predicted molar refractivity (Wildman–Crippen MR) is 203 cm³/mol. The van der Waals surface area contributed by atoms with E-state index in [0.29, 0.717) is 43.4 Å². The van der Waals surface area contributed by atoms with Crippen LogP contribution in [0, 0.1) is 0 Å². The molecule has 7 rings (SSSR count). The smallest absolute Gasteiger partial charge is 0.323 e. The zero-order chi connectivity index (χ0) is 35.2. The minimum atomic E-state index is -0.312. The molecule has 0 spiro atoms. The Balaban J connectivity index is 1.05. The fraction of sp³-hybridized carbons (Fsp3) is 0.385. The van der Waals surface area contributed by atoms with Gasteiger partial charge in [0.2, 0.25) is 5.58 Å². The SMILES string of the molecule is CN(C)CCN(C)c1ccc(NC(=O)Nc2ccc(-c3nc(N4CCOCC4)c4onc(C5CCN(Cc6ccccc6)CC5)c4n3)cc2)cc1. The largest absolute Gasteiger partial charge is 0.378 e. The number of rotatable bonds is 11. The molecule has 2 saturated heterocycles. The fourth-order valence-corrected chi connectivity index (χ4v) is 6.70. The number of benzene rings is 3. The first-order valence-electron chi connectivity index (χ1n) is 17.8. The van der Waals surface area contributed by atoms with Crippen molar-refractivity contribution in [1.82, 2.24) is 24.9 Å². The molecule has 0 radical (unpaired) electrons. The van der Waals surface area contributed by atoms with Crippen molar-refractivity contribution < 1.29 is 14.1 Å². The number of hydrogen-bond donors (Lipinski definition) is 2. The Morgan fingerprint density at radius 3 is 2.16 bits per heavy atom. The summed E-state index contributed by atoms with van der Waals surface area (Å²) in [6.45, 7) is 7.50. The number of carbonyl (C=O) groups excluding carboxylic acids is 1. The minimum absolute atomic E-state index is 0.254. The highest BCUT2D eigenvalue weighted by Crippen LogP contribution is 2.36. The van der Waals surface area contributed by atoms with Gasteiger partial charge in [-0.05, 0) is 94.1 Å². The summed E-state index contributed by atoms with van der Waals surface area (Å²) < 4.78 is 11.7. The number of hydrogen-bond acceptors (Lipinski definition) is 10. The molecule has 0 saturated carbocycles. The van der Waals surface area contributed by atoms with Crippen LogP contribution in [0.4, 0.5) is 27.7 Å². The summed E-state index contributed by atoms with van der Waals surface area (Å²) in [7, 11) is 6.19. The fourth-order valence-electron chi connectivity index (χ4n) is 6.70. The van der Waals surface area contributed by atoms with E-state index in [1.165, 1.54) is 5.56 Å². The molecule has 2 aromatic heterocycles. The van der Waals surface area contributed by atoms with Gasteiger partial charge in [0.25, 0.3) is 0 Å². The minimum Gasteiger partial charge on any atom is -0.378 e. The number of piperidine rings is 1. The Labute approximate surface area is 299 Å². The molecular formula is C39H47N9O3. The van der Waals surface area contributed by atoms with Gasteiger partial charge in [0.05, 0.1) is 13.2 Å². The van der Waals surface area contributed by atoms with E-state index in [1.807, 2.05) is 48.5 Å². The summed E-state index contributed by atoms with van der Waals surface area (Å²) in [5.41, 5.74) is 6.98. The molecule has 0 bridgehead atoms. The average molecular weight is 690 g/mol. The molecule has 2 aliphatic rings. The monoisotopic (exact) mass is 689 g/mol. The number of anilines is 4. The number of likely N-dealkylation sites (N-methyl/N-ethyl adjacent to an activating group) is 2. The van der Waals surface area contributed by atoms with Crippen LogP contribution in [0.5, 0.6) is 0 Å². The quantitative estimate of drug-likeness (QED) is 0.168. The Morgan fingerprint density at radius 2 is 1.49 bits per heavy atom. The lowest BCUT2D eigenvalue weighted by Gasteiger charge is -2.31.